The van der Waals surface area contributed by atoms with Crippen LogP contribution in [0.3, 0.4) is 0 Å². The van der Waals surface area contributed by atoms with Crippen LogP contribution in [0.1, 0.15) is 49.8 Å². The van der Waals surface area contributed by atoms with E-state index < -0.39 is 5.63 Å². The van der Waals surface area contributed by atoms with E-state index in [4.69, 9.17) is 9.15 Å². The van der Waals surface area contributed by atoms with Gasteiger partial charge in [0.05, 0.1) is 12.7 Å². The lowest BCUT2D eigenvalue weighted by Gasteiger charge is -2.23. The van der Waals surface area contributed by atoms with Gasteiger partial charge in [-0.1, -0.05) is 13.8 Å². The van der Waals surface area contributed by atoms with Crippen molar-refractivity contribution >= 4 is 16.9 Å². The Morgan fingerprint density at radius 3 is 2.48 bits per heavy atom. The van der Waals surface area contributed by atoms with Crippen LogP contribution >= 0.6 is 0 Å². The number of nitrogens with zero attached hydrogens (tertiary/aromatic N) is 1. The molecule has 0 saturated heterocycles. The van der Waals surface area contributed by atoms with Gasteiger partial charge in [-0.25, -0.2) is 4.79 Å². The van der Waals surface area contributed by atoms with E-state index in [9.17, 15) is 14.7 Å². The lowest BCUT2D eigenvalue weighted by molar-refractivity contribution is -0.140. The maximum atomic E-state index is 11.9. The van der Waals surface area contributed by atoms with Crippen molar-refractivity contribution in [2.75, 3.05) is 20.2 Å². The topological polar surface area (TPSA) is 80.0 Å². The third-order valence-corrected chi connectivity index (χ3v) is 4.68. The Kier molecular flexibility index (Phi) is 7.42. The number of esters is 1. The predicted octanol–water partition coefficient (Wildman–Crippen LogP) is 3.53. The Morgan fingerprint density at radius 2 is 1.89 bits per heavy atom. The van der Waals surface area contributed by atoms with E-state index in [0.717, 1.165) is 36.9 Å². The number of ether oxygens (including phenoxy) is 1. The molecule has 2 aromatic rings. The van der Waals surface area contributed by atoms with Crippen molar-refractivity contribution in [2.45, 2.75) is 53.0 Å². The summed E-state index contributed by atoms with van der Waals surface area (Å²) in [5.74, 6) is -0.233. The third kappa shape index (κ3) is 5.10. The number of hydrogen-bond donors (Lipinski definition) is 1. The molecule has 1 aromatic heterocycles. The first kappa shape index (κ1) is 21.0. The second-order valence-corrected chi connectivity index (χ2v) is 6.84. The van der Waals surface area contributed by atoms with Gasteiger partial charge in [0.2, 0.25) is 0 Å². The molecule has 0 amide bonds. The fourth-order valence-corrected chi connectivity index (χ4v) is 3.37. The number of fused-ring (bicyclic) bond motifs is 1. The summed E-state index contributed by atoms with van der Waals surface area (Å²) < 4.78 is 10.2. The predicted molar refractivity (Wildman–Crippen MR) is 105 cm³/mol. The van der Waals surface area contributed by atoms with Crippen LogP contribution in [0.2, 0.25) is 0 Å². The maximum absolute atomic E-state index is 11.9. The molecule has 0 aliphatic heterocycles. The minimum Gasteiger partial charge on any atom is -0.507 e. The molecule has 148 valence electrons. The van der Waals surface area contributed by atoms with Gasteiger partial charge in [0.1, 0.15) is 11.3 Å². The van der Waals surface area contributed by atoms with E-state index in [1.807, 2.05) is 6.92 Å². The van der Waals surface area contributed by atoms with Gasteiger partial charge in [-0.2, -0.15) is 0 Å². The van der Waals surface area contributed by atoms with Crippen LogP contribution in [0.25, 0.3) is 11.0 Å². The van der Waals surface area contributed by atoms with Crippen LogP contribution in [-0.4, -0.2) is 36.2 Å². The maximum Gasteiger partial charge on any atom is 0.336 e. The zero-order valence-corrected chi connectivity index (χ0v) is 16.6. The molecule has 0 saturated carbocycles. The van der Waals surface area contributed by atoms with Gasteiger partial charge in [0.25, 0.3) is 0 Å². The molecule has 0 atom stereocenters. The number of methoxy groups -OCH3 is 1. The van der Waals surface area contributed by atoms with E-state index in [0.29, 0.717) is 29.7 Å². The van der Waals surface area contributed by atoms with Gasteiger partial charge >= 0.3 is 11.6 Å². The summed E-state index contributed by atoms with van der Waals surface area (Å²) in [4.78, 5) is 25.7. The standard InChI is InChI=1S/C21H29NO5/c1-5-9-22(10-6-2)13-17-20(25)15(7-8-18(23)26-4)12-16-14(3)11-19(24)27-21(16)17/h11-12,25H,5-10,13H2,1-4H3. The summed E-state index contributed by atoms with van der Waals surface area (Å²) in [6.45, 7) is 8.33. The van der Waals surface area contributed by atoms with Crippen LogP contribution in [0.5, 0.6) is 5.75 Å². The average molecular weight is 375 g/mol. The third-order valence-electron chi connectivity index (χ3n) is 4.68. The normalized spacial score (nSPS) is 11.3. The monoisotopic (exact) mass is 375 g/mol. The van der Waals surface area contributed by atoms with Crippen molar-refractivity contribution in [1.29, 1.82) is 0 Å². The van der Waals surface area contributed by atoms with E-state index in [-0.39, 0.29) is 18.1 Å². The fraction of sp³-hybridized carbons (Fsp3) is 0.524. The number of carbonyl (C=O) groups is 1. The number of aryl methyl sites for hydroxylation is 2. The number of phenols is 1. The van der Waals surface area contributed by atoms with Crippen molar-refractivity contribution in [3.8, 4) is 5.75 Å². The van der Waals surface area contributed by atoms with Gasteiger partial charge in [-0.3, -0.25) is 9.69 Å². The number of hydrogen-bond acceptors (Lipinski definition) is 6. The van der Waals surface area contributed by atoms with Gasteiger partial charge in [0.15, 0.2) is 0 Å². The molecule has 1 N–H and O–H groups in total. The van der Waals surface area contributed by atoms with Gasteiger partial charge in [-0.15, -0.1) is 0 Å². The highest BCUT2D eigenvalue weighted by Crippen LogP contribution is 2.34. The van der Waals surface area contributed by atoms with Crippen molar-refractivity contribution in [1.82, 2.24) is 4.90 Å². The highest BCUT2D eigenvalue weighted by Gasteiger charge is 2.19. The molecule has 0 unspecified atom stereocenters. The van der Waals surface area contributed by atoms with Crippen molar-refractivity contribution in [3.63, 3.8) is 0 Å². The molecule has 2 rings (SSSR count). The fourth-order valence-electron chi connectivity index (χ4n) is 3.37. The lowest BCUT2D eigenvalue weighted by Crippen LogP contribution is -2.25. The van der Waals surface area contributed by atoms with Gasteiger partial charge < -0.3 is 14.3 Å². The molecule has 0 aliphatic carbocycles. The highest BCUT2D eigenvalue weighted by molar-refractivity contribution is 5.86. The molecule has 6 nitrogen and oxygen atoms in total. The molecule has 27 heavy (non-hydrogen) atoms. The zero-order chi connectivity index (χ0) is 20.0. The Morgan fingerprint density at radius 1 is 1.22 bits per heavy atom. The van der Waals surface area contributed by atoms with Crippen LogP contribution in [0.15, 0.2) is 21.3 Å². The molecule has 0 radical (unpaired) electrons. The van der Waals surface area contributed by atoms with Crippen LogP contribution in [-0.2, 0) is 22.5 Å². The molecular formula is C21H29NO5. The summed E-state index contributed by atoms with van der Waals surface area (Å²) in [5, 5.41) is 11.7. The number of aromatic hydroxyl groups is 1. The first-order chi connectivity index (χ1) is 12.9. The molecule has 0 aliphatic rings. The lowest BCUT2D eigenvalue weighted by atomic mass is 9.98. The van der Waals surface area contributed by atoms with Gasteiger partial charge in [-0.05, 0) is 56.5 Å². The Balaban J connectivity index is 2.57. The Hall–Kier alpha value is -2.34. The quantitative estimate of drug-likeness (QED) is 0.533. The molecular weight excluding hydrogens is 346 g/mol. The SMILES string of the molecule is CCCN(CCC)Cc1c(O)c(CCC(=O)OC)cc2c(C)cc(=O)oc12. The minimum absolute atomic E-state index is 0.0948. The smallest absolute Gasteiger partial charge is 0.336 e. The van der Waals surface area contributed by atoms with Crippen LogP contribution < -0.4 is 5.63 Å². The largest absolute Gasteiger partial charge is 0.507 e. The second-order valence-electron chi connectivity index (χ2n) is 6.84. The summed E-state index contributed by atoms with van der Waals surface area (Å²) in [5.41, 5.74) is 2.05. The van der Waals surface area contributed by atoms with Crippen molar-refractivity contribution in [3.05, 3.63) is 39.2 Å². The molecule has 1 aromatic carbocycles. The minimum atomic E-state index is -0.430. The molecule has 0 fully saturated rings. The Bertz CT molecular complexity index is 850. The summed E-state index contributed by atoms with van der Waals surface area (Å²) >= 11 is 0. The zero-order valence-electron chi connectivity index (χ0n) is 16.6. The number of phenolic OH excluding ortho intramolecular Hbond substituents is 1. The van der Waals surface area contributed by atoms with Crippen LogP contribution in [0, 0.1) is 6.92 Å². The number of benzene rings is 1. The second kappa shape index (κ2) is 9.55. The summed E-state index contributed by atoms with van der Waals surface area (Å²) in [6, 6.07) is 3.25. The summed E-state index contributed by atoms with van der Waals surface area (Å²) in [7, 11) is 1.35. The van der Waals surface area contributed by atoms with Crippen LogP contribution in [0.4, 0.5) is 0 Å². The van der Waals surface area contributed by atoms with Crippen molar-refractivity contribution < 1.29 is 19.1 Å². The molecule has 0 bridgehead atoms. The first-order valence-corrected chi connectivity index (χ1v) is 9.48. The Labute approximate surface area is 159 Å². The molecule has 6 heteroatoms. The van der Waals surface area contributed by atoms with E-state index >= 15 is 0 Å². The number of carbonyl (C=O) groups excluding carboxylic acids is 1. The number of rotatable bonds is 9. The van der Waals surface area contributed by atoms with Crippen molar-refractivity contribution in [2.24, 2.45) is 0 Å². The molecule has 0 spiro atoms. The molecule has 1 heterocycles. The van der Waals surface area contributed by atoms with E-state index in [1.54, 1.807) is 6.07 Å². The van der Waals surface area contributed by atoms with E-state index in [1.165, 1.54) is 13.2 Å². The highest BCUT2D eigenvalue weighted by atomic mass is 16.5. The summed E-state index contributed by atoms with van der Waals surface area (Å²) in [6.07, 6.45) is 2.52. The van der Waals surface area contributed by atoms with E-state index in [2.05, 4.69) is 18.7 Å². The first-order valence-electron chi connectivity index (χ1n) is 9.48. The average Bonchev–Trinajstić information content (AvgIpc) is 2.63. The van der Waals surface area contributed by atoms with Gasteiger partial charge in [0, 0.05) is 24.4 Å².